The van der Waals surface area contributed by atoms with Gasteiger partial charge >= 0.3 is 0 Å². The molecule has 1 fully saturated rings. The molecule has 1 amide bonds. The van der Waals surface area contributed by atoms with E-state index < -0.39 is 0 Å². The van der Waals surface area contributed by atoms with E-state index in [0.717, 1.165) is 25.8 Å². The summed E-state index contributed by atoms with van der Waals surface area (Å²) < 4.78 is 0. The number of piperidine rings is 1. The van der Waals surface area contributed by atoms with Crippen molar-refractivity contribution < 1.29 is 4.79 Å². The van der Waals surface area contributed by atoms with Crippen molar-refractivity contribution in [1.29, 1.82) is 0 Å². The van der Waals surface area contributed by atoms with Crippen LogP contribution < -0.4 is 10.6 Å². The predicted molar refractivity (Wildman–Crippen MR) is 78.1 cm³/mol. The van der Waals surface area contributed by atoms with Crippen LogP contribution >= 0.6 is 0 Å². The highest BCUT2D eigenvalue weighted by Crippen LogP contribution is 2.09. The average molecular weight is 260 g/mol. The third kappa shape index (κ3) is 4.35. The minimum atomic E-state index is 0.168. The molecule has 0 radical (unpaired) electrons. The van der Waals surface area contributed by atoms with Gasteiger partial charge in [0.2, 0.25) is 5.91 Å². The molecule has 0 aromatic heterocycles. The number of aryl methyl sites for hydroxylation is 2. The first-order chi connectivity index (χ1) is 9.15. The molecule has 1 saturated heterocycles. The van der Waals surface area contributed by atoms with Crippen LogP contribution in [0, 0.1) is 6.92 Å². The molecule has 2 rings (SSSR count). The predicted octanol–water partition coefficient (Wildman–Crippen LogP) is 2.18. The molecule has 1 aromatic carbocycles. The first-order valence-corrected chi connectivity index (χ1v) is 7.23. The molecule has 1 aromatic rings. The Morgan fingerprint density at radius 2 is 2.11 bits per heavy atom. The summed E-state index contributed by atoms with van der Waals surface area (Å²) in [6.45, 7) is 5.29. The van der Waals surface area contributed by atoms with Crippen LogP contribution in [0.2, 0.25) is 0 Å². The molecular weight excluding hydrogens is 236 g/mol. The molecule has 19 heavy (non-hydrogen) atoms. The number of hydrogen-bond donors (Lipinski definition) is 2. The quantitative estimate of drug-likeness (QED) is 0.871. The van der Waals surface area contributed by atoms with Gasteiger partial charge in [0.1, 0.15) is 0 Å². The van der Waals surface area contributed by atoms with E-state index in [2.05, 4.69) is 48.7 Å². The van der Waals surface area contributed by atoms with Gasteiger partial charge in [-0.2, -0.15) is 0 Å². The van der Waals surface area contributed by atoms with Crippen molar-refractivity contribution >= 4 is 5.91 Å². The fraction of sp³-hybridized carbons (Fsp3) is 0.562. The molecule has 0 saturated carbocycles. The van der Waals surface area contributed by atoms with Gasteiger partial charge in [-0.3, -0.25) is 4.79 Å². The Morgan fingerprint density at radius 1 is 1.37 bits per heavy atom. The number of hydrogen-bond acceptors (Lipinski definition) is 2. The van der Waals surface area contributed by atoms with Crippen molar-refractivity contribution in [1.82, 2.24) is 10.6 Å². The Hall–Kier alpha value is -1.35. The van der Waals surface area contributed by atoms with E-state index in [4.69, 9.17) is 0 Å². The van der Waals surface area contributed by atoms with E-state index in [0.29, 0.717) is 18.5 Å². The average Bonchev–Trinajstić information content (AvgIpc) is 2.41. The van der Waals surface area contributed by atoms with E-state index in [-0.39, 0.29) is 5.91 Å². The van der Waals surface area contributed by atoms with Gasteiger partial charge in [-0.25, -0.2) is 0 Å². The highest BCUT2D eigenvalue weighted by Gasteiger charge is 2.21. The second kappa shape index (κ2) is 6.71. The fourth-order valence-corrected chi connectivity index (χ4v) is 2.53. The van der Waals surface area contributed by atoms with E-state index in [1.165, 1.54) is 11.1 Å². The van der Waals surface area contributed by atoms with Gasteiger partial charge in [0.15, 0.2) is 0 Å². The summed E-state index contributed by atoms with van der Waals surface area (Å²) in [6, 6.07) is 9.08. The van der Waals surface area contributed by atoms with Crippen LogP contribution in [0.4, 0.5) is 0 Å². The maximum Gasteiger partial charge on any atom is 0.220 e. The molecule has 2 N–H and O–H groups in total. The zero-order chi connectivity index (χ0) is 13.7. The van der Waals surface area contributed by atoms with Gasteiger partial charge in [-0.05, 0) is 45.2 Å². The van der Waals surface area contributed by atoms with Crippen LogP contribution in [0.5, 0.6) is 0 Å². The summed E-state index contributed by atoms with van der Waals surface area (Å²) in [5.41, 5.74) is 2.49. The molecular formula is C16H24N2O. The minimum absolute atomic E-state index is 0.168. The monoisotopic (exact) mass is 260 g/mol. The largest absolute Gasteiger partial charge is 0.352 e. The van der Waals surface area contributed by atoms with Gasteiger partial charge in [-0.15, -0.1) is 0 Å². The Labute approximate surface area is 115 Å². The first-order valence-electron chi connectivity index (χ1n) is 7.23. The second-order valence-electron chi connectivity index (χ2n) is 5.54. The van der Waals surface area contributed by atoms with Gasteiger partial charge in [0.25, 0.3) is 0 Å². The molecule has 104 valence electrons. The summed E-state index contributed by atoms with van der Waals surface area (Å²) in [4.78, 5) is 12.0. The van der Waals surface area contributed by atoms with Crippen molar-refractivity contribution in [2.45, 2.75) is 51.6 Å². The van der Waals surface area contributed by atoms with Crippen LogP contribution in [0.15, 0.2) is 24.3 Å². The van der Waals surface area contributed by atoms with Crippen molar-refractivity contribution in [3.8, 4) is 0 Å². The Morgan fingerprint density at radius 3 is 2.79 bits per heavy atom. The number of rotatable bonds is 4. The summed E-state index contributed by atoms with van der Waals surface area (Å²) in [7, 11) is 0. The highest BCUT2D eigenvalue weighted by atomic mass is 16.1. The zero-order valence-electron chi connectivity index (χ0n) is 11.9. The number of carbonyl (C=O) groups excluding carboxylic acids is 1. The highest BCUT2D eigenvalue weighted by molar-refractivity contribution is 5.76. The molecule has 0 aliphatic carbocycles. The maximum atomic E-state index is 12.0. The molecule has 3 nitrogen and oxygen atoms in total. The summed E-state index contributed by atoms with van der Waals surface area (Å²) in [5.74, 6) is 0.168. The third-order valence-electron chi connectivity index (χ3n) is 3.87. The molecule has 2 unspecified atom stereocenters. The summed E-state index contributed by atoms with van der Waals surface area (Å²) in [5, 5.41) is 6.55. The lowest BCUT2D eigenvalue weighted by atomic mass is 9.99. The lowest BCUT2D eigenvalue weighted by molar-refractivity contribution is -0.122. The number of nitrogens with one attached hydrogen (secondary N) is 2. The Balaban J connectivity index is 1.76. The molecule has 1 heterocycles. The minimum Gasteiger partial charge on any atom is -0.352 e. The first kappa shape index (κ1) is 14.1. The lowest BCUT2D eigenvalue weighted by Crippen LogP contribution is -2.51. The molecule has 0 bridgehead atoms. The zero-order valence-corrected chi connectivity index (χ0v) is 11.9. The smallest absolute Gasteiger partial charge is 0.220 e. The van der Waals surface area contributed by atoms with E-state index in [9.17, 15) is 4.79 Å². The Kier molecular flexibility index (Phi) is 4.97. The third-order valence-corrected chi connectivity index (χ3v) is 3.87. The SMILES string of the molecule is Cc1ccc(CCC(=O)NC2CCCNC2C)cc1. The maximum absolute atomic E-state index is 12.0. The molecule has 3 heteroatoms. The van der Waals surface area contributed by atoms with E-state index in [1.54, 1.807) is 0 Å². The van der Waals surface area contributed by atoms with Crippen LogP contribution in [-0.4, -0.2) is 24.5 Å². The van der Waals surface area contributed by atoms with Crippen LogP contribution in [0.3, 0.4) is 0 Å². The van der Waals surface area contributed by atoms with Crippen molar-refractivity contribution in [2.24, 2.45) is 0 Å². The summed E-state index contributed by atoms with van der Waals surface area (Å²) in [6.07, 6.45) is 3.63. The lowest BCUT2D eigenvalue weighted by Gasteiger charge is -2.30. The van der Waals surface area contributed by atoms with Gasteiger partial charge < -0.3 is 10.6 Å². The molecule has 1 aliphatic heterocycles. The van der Waals surface area contributed by atoms with Crippen LogP contribution in [-0.2, 0) is 11.2 Å². The number of carbonyl (C=O) groups is 1. The van der Waals surface area contributed by atoms with E-state index >= 15 is 0 Å². The number of amides is 1. The molecule has 1 aliphatic rings. The van der Waals surface area contributed by atoms with E-state index in [1.807, 2.05) is 0 Å². The van der Waals surface area contributed by atoms with Crippen LogP contribution in [0.25, 0.3) is 0 Å². The normalized spacial score (nSPS) is 23.1. The molecule has 2 atom stereocenters. The second-order valence-corrected chi connectivity index (χ2v) is 5.54. The van der Waals surface area contributed by atoms with Crippen molar-refractivity contribution in [3.63, 3.8) is 0 Å². The van der Waals surface area contributed by atoms with Crippen LogP contribution in [0.1, 0.15) is 37.3 Å². The van der Waals surface area contributed by atoms with Gasteiger partial charge in [-0.1, -0.05) is 29.8 Å². The standard InChI is InChI=1S/C16H24N2O/c1-12-5-7-14(8-6-12)9-10-16(19)18-15-4-3-11-17-13(15)2/h5-8,13,15,17H,3-4,9-11H2,1-2H3,(H,18,19). The Bertz CT molecular complexity index is 413. The van der Waals surface area contributed by atoms with Gasteiger partial charge in [0.05, 0.1) is 0 Å². The summed E-state index contributed by atoms with van der Waals surface area (Å²) >= 11 is 0. The number of benzene rings is 1. The fourth-order valence-electron chi connectivity index (χ4n) is 2.53. The van der Waals surface area contributed by atoms with Crippen molar-refractivity contribution in [3.05, 3.63) is 35.4 Å². The topological polar surface area (TPSA) is 41.1 Å². The molecule has 0 spiro atoms. The van der Waals surface area contributed by atoms with Gasteiger partial charge in [0, 0.05) is 18.5 Å². The van der Waals surface area contributed by atoms with Crippen molar-refractivity contribution in [2.75, 3.05) is 6.54 Å².